The van der Waals surface area contributed by atoms with E-state index in [1.807, 2.05) is 0 Å². The first-order valence-corrected chi connectivity index (χ1v) is 7.68. The Labute approximate surface area is 143 Å². The Hall–Kier alpha value is -2.42. The molecule has 0 unspecified atom stereocenters. The second-order valence-corrected chi connectivity index (χ2v) is 5.26. The molecule has 138 valence electrons. The summed E-state index contributed by atoms with van der Waals surface area (Å²) in [6.45, 7) is -2.42. The molecule has 0 saturated carbocycles. The highest BCUT2D eigenvalue weighted by molar-refractivity contribution is 5.92. The lowest BCUT2D eigenvalue weighted by molar-refractivity contribution is -0.124. The highest BCUT2D eigenvalue weighted by atomic mass is 19.3. The average molecular weight is 359 g/mol. The van der Waals surface area contributed by atoms with E-state index < -0.39 is 25.1 Å². The Morgan fingerprint density at radius 2 is 2.16 bits per heavy atom. The largest absolute Gasteiger partial charge is 0.493 e. The SMILES string of the molecule is COc1cc(C(=O)OCC(=O)NC[C@@H]2CCCO2)ccc1OC(F)F. The summed E-state index contributed by atoms with van der Waals surface area (Å²) in [4.78, 5) is 23.6. The van der Waals surface area contributed by atoms with Gasteiger partial charge in [-0.2, -0.15) is 8.78 Å². The number of carbonyl (C=O) groups is 2. The Morgan fingerprint density at radius 1 is 1.36 bits per heavy atom. The van der Waals surface area contributed by atoms with E-state index in [4.69, 9.17) is 14.2 Å². The van der Waals surface area contributed by atoms with Gasteiger partial charge in [0.2, 0.25) is 0 Å². The molecule has 1 fully saturated rings. The molecule has 1 atom stereocenters. The van der Waals surface area contributed by atoms with Crippen molar-refractivity contribution in [2.24, 2.45) is 0 Å². The number of hydrogen-bond acceptors (Lipinski definition) is 6. The molecule has 25 heavy (non-hydrogen) atoms. The number of nitrogens with one attached hydrogen (secondary N) is 1. The molecule has 9 heteroatoms. The zero-order valence-electron chi connectivity index (χ0n) is 13.6. The first-order chi connectivity index (χ1) is 12.0. The molecule has 7 nitrogen and oxygen atoms in total. The highest BCUT2D eigenvalue weighted by Crippen LogP contribution is 2.29. The standard InChI is InChI=1S/C16H19F2NO6/c1-22-13-7-10(4-5-12(13)25-16(17)18)15(21)24-9-14(20)19-8-11-3-2-6-23-11/h4-5,7,11,16H,2-3,6,8-9H2,1H3,(H,19,20)/t11-/m0/s1. The highest BCUT2D eigenvalue weighted by Gasteiger charge is 2.18. The number of methoxy groups -OCH3 is 1. The predicted molar refractivity (Wildman–Crippen MR) is 81.9 cm³/mol. The molecule has 1 aromatic carbocycles. The quantitative estimate of drug-likeness (QED) is 0.712. The van der Waals surface area contributed by atoms with Gasteiger partial charge >= 0.3 is 12.6 Å². The monoisotopic (exact) mass is 359 g/mol. The van der Waals surface area contributed by atoms with Crippen LogP contribution in [0.2, 0.25) is 0 Å². The summed E-state index contributed by atoms with van der Waals surface area (Å²) in [5.41, 5.74) is 0.0467. The van der Waals surface area contributed by atoms with E-state index in [1.165, 1.54) is 25.3 Å². The number of halogens is 2. The fourth-order valence-corrected chi connectivity index (χ4v) is 2.29. The minimum absolute atomic E-state index is 0.00806. The molecule has 1 amide bonds. The normalized spacial score (nSPS) is 16.6. The van der Waals surface area contributed by atoms with Crippen LogP contribution in [0, 0.1) is 0 Å². The molecule has 1 saturated heterocycles. The number of amides is 1. The van der Waals surface area contributed by atoms with Gasteiger partial charge in [0.05, 0.1) is 18.8 Å². The summed E-state index contributed by atoms with van der Waals surface area (Å²) in [6, 6.07) is 3.61. The zero-order valence-corrected chi connectivity index (χ0v) is 13.6. The van der Waals surface area contributed by atoms with Crippen LogP contribution in [0.15, 0.2) is 18.2 Å². The van der Waals surface area contributed by atoms with Crippen LogP contribution in [-0.4, -0.2) is 51.5 Å². The molecule has 0 spiro atoms. The van der Waals surface area contributed by atoms with Gasteiger partial charge in [-0.3, -0.25) is 4.79 Å². The molecule has 0 aromatic heterocycles. The molecule has 0 radical (unpaired) electrons. The number of rotatable bonds is 8. The number of hydrogen-bond donors (Lipinski definition) is 1. The molecule has 1 aliphatic rings. The van der Waals surface area contributed by atoms with Gasteiger partial charge in [0, 0.05) is 13.2 Å². The average Bonchev–Trinajstić information content (AvgIpc) is 3.11. The summed E-state index contributed by atoms with van der Waals surface area (Å²) in [5.74, 6) is -1.48. The van der Waals surface area contributed by atoms with Crippen molar-refractivity contribution in [1.29, 1.82) is 0 Å². The molecule has 1 aliphatic heterocycles. The molecule has 1 aromatic rings. The topological polar surface area (TPSA) is 83.1 Å². The minimum Gasteiger partial charge on any atom is -0.493 e. The molecule has 1 heterocycles. The Kier molecular flexibility index (Phi) is 6.93. The van der Waals surface area contributed by atoms with Crippen LogP contribution in [0.5, 0.6) is 11.5 Å². The van der Waals surface area contributed by atoms with Crippen molar-refractivity contribution in [2.75, 3.05) is 26.9 Å². The summed E-state index contributed by atoms with van der Waals surface area (Å²) in [5, 5.41) is 2.62. The number of alkyl halides is 2. The van der Waals surface area contributed by atoms with Crippen LogP contribution in [0.3, 0.4) is 0 Å². The lowest BCUT2D eigenvalue weighted by atomic mass is 10.2. The molecular formula is C16H19F2NO6. The second-order valence-electron chi connectivity index (χ2n) is 5.26. The van der Waals surface area contributed by atoms with Crippen LogP contribution >= 0.6 is 0 Å². The second kappa shape index (κ2) is 9.16. The van der Waals surface area contributed by atoms with Crippen LogP contribution in [0.4, 0.5) is 8.78 Å². The molecule has 0 bridgehead atoms. The Bertz CT molecular complexity index is 604. The third-order valence-corrected chi connectivity index (χ3v) is 3.50. The number of benzene rings is 1. The van der Waals surface area contributed by atoms with E-state index in [0.29, 0.717) is 13.2 Å². The van der Waals surface area contributed by atoms with Crippen molar-refractivity contribution in [3.05, 3.63) is 23.8 Å². The van der Waals surface area contributed by atoms with Crippen LogP contribution in [-0.2, 0) is 14.3 Å². The third kappa shape index (κ3) is 5.86. The third-order valence-electron chi connectivity index (χ3n) is 3.50. The van der Waals surface area contributed by atoms with E-state index in [0.717, 1.165) is 12.8 Å². The van der Waals surface area contributed by atoms with E-state index in [-0.39, 0.29) is 23.2 Å². The van der Waals surface area contributed by atoms with E-state index in [1.54, 1.807) is 0 Å². The maximum absolute atomic E-state index is 12.3. The van der Waals surface area contributed by atoms with Crippen LogP contribution in [0.1, 0.15) is 23.2 Å². The first kappa shape index (κ1) is 18.9. The molecule has 1 N–H and O–H groups in total. The van der Waals surface area contributed by atoms with Gasteiger partial charge < -0.3 is 24.3 Å². The van der Waals surface area contributed by atoms with Gasteiger partial charge in [-0.05, 0) is 31.0 Å². The predicted octanol–water partition coefficient (Wildman–Crippen LogP) is 1.75. The van der Waals surface area contributed by atoms with Crippen molar-refractivity contribution in [3.63, 3.8) is 0 Å². The summed E-state index contributed by atoms with van der Waals surface area (Å²) in [6.07, 6.45) is 1.83. The lowest BCUT2D eigenvalue weighted by Crippen LogP contribution is -2.34. The minimum atomic E-state index is -3.01. The van der Waals surface area contributed by atoms with Gasteiger partial charge in [-0.25, -0.2) is 4.79 Å². The lowest BCUT2D eigenvalue weighted by Gasteiger charge is -2.12. The fourth-order valence-electron chi connectivity index (χ4n) is 2.29. The maximum Gasteiger partial charge on any atom is 0.387 e. The van der Waals surface area contributed by atoms with Crippen LogP contribution in [0.25, 0.3) is 0 Å². The van der Waals surface area contributed by atoms with Gasteiger partial charge in [0.1, 0.15) is 0 Å². The summed E-state index contributed by atoms with van der Waals surface area (Å²) >= 11 is 0. The Morgan fingerprint density at radius 3 is 2.80 bits per heavy atom. The van der Waals surface area contributed by atoms with E-state index in [2.05, 4.69) is 10.1 Å². The molecular weight excluding hydrogens is 340 g/mol. The Balaban J connectivity index is 1.84. The van der Waals surface area contributed by atoms with Crippen molar-refractivity contribution in [3.8, 4) is 11.5 Å². The fraction of sp³-hybridized carbons (Fsp3) is 0.500. The van der Waals surface area contributed by atoms with E-state index in [9.17, 15) is 18.4 Å². The van der Waals surface area contributed by atoms with Crippen molar-refractivity contribution in [2.45, 2.75) is 25.6 Å². The van der Waals surface area contributed by atoms with E-state index >= 15 is 0 Å². The van der Waals surface area contributed by atoms with Gasteiger partial charge in [-0.1, -0.05) is 0 Å². The van der Waals surface area contributed by atoms with Crippen molar-refractivity contribution >= 4 is 11.9 Å². The zero-order chi connectivity index (χ0) is 18.2. The van der Waals surface area contributed by atoms with Gasteiger partial charge in [0.15, 0.2) is 18.1 Å². The van der Waals surface area contributed by atoms with Gasteiger partial charge in [0.25, 0.3) is 5.91 Å². The maximum atomic E-state index is 12.3. The number of carbonyl (C=O) groups excluding carboxylic acids is 2. The molecule has 0 aliphatic carbocycles. The van der Waals surface area contributed by atoms with Crippen molar-refractivity contribution in [1.82, 2.24) is 5.32 Å². The number of ether oxygens (including phenoxy) is 4. The van der Waals surface area contributed by atoms with Crippen molar-refractivity contribution < 1.29 is 37.3 Å². The van der Waals surface area contributed by atoms with Crippen LogP contribution < -0.4 is 14.8 Å². The smallest absolute Gasteiger partial charge is 0.387 e. The molecule has 2 rings (SSSR count). The number of esters is 1. The summed E-state index contributed by atoms with van der Waals surface area (Å²) in [7, 11) is 1.25. The summed E-state index contributed by atoms with van der Waals surface area (Å²) < 4.78 is 43.9. The first-order valence-electron chi connectivity index (χ1n) is 7.68. The van der Waals surface area contributed by atoms with Gasteiger partial charge in [-0.15, -0.1) is 0 Å².